The first kappa shape index (κ1) is 13.9. The molecule has 86 valence electrons. The van der Waals surface area contributed by atoms with Crippen LogP contribution in [0.15, 0.2) is 0 Å². The molecule has 0 fully saturated rings. The van der Waals surface area contributed by atoms with Crippen LogP contribution in [-0.4, -0.2) is 32.5 Å². The highest BCUT2D eigenvalue weighted by Crippen LogP contribution is 2.24. The van der Waals surface area contributed by atoms with Gasteiger partial charge in [-0.05, 0) is 25.7 Å². The molecule has 0 rings (SSSR count). The topological polar surface area (TPSA) is 44.5 Å². The number of rotatable bonds is 7. The molecule has 0 aromatic heterocycles. The first-order chi connectivity index (χ1) is 6.51. The van der Waals surface area contributed by atoms with Gasteiger partial charge >= 0.3 is 0 Å². The van der Waals surface area contributed by atoms with E-state index in [9.17, 15) is 0 Å². The molecular weight excluding hydrogens is 178 g/mol. The van der Waals surface area contributed by atoms with Gasteiger partial charge in [0.25, 0.3) is 0 Å². The number of nitrogens with two attached hydrogens (primary N) is 1. The zero-order chi connectivity index (χ0) is 11.2. The molecule has 0 aromatic rings. The zero-order valence-corrected chi connectivity index (χ0v) is 10.2. The van der Waals surface area contributed by atoms with E-state index in [4.69, 9.17) is 15.2 Å². The monoisotopic (exact) mass is 203 g/mol. The predicted octanol–water partition coefficient (Wildman–Crippen LogP) is 1.80. The Labute approximate surface area is 88.0 Å². The van der Waals surface area contributed by atoms with E-state index in [0.717, 1.165) is 19.4 Å². The molecule has 0 aliphatic heterocycles. The van der Waals surface area contributed by atoms with Crippen LogP contribution >= 0.6 is 0 Å². The fourth-order valence-electron chi connectivity index (χ4n) is 1.60. The van der Waals surface area contributed by atoms with Crippen molar-refractivity contribution in [3.05, 3.63) is 0 Å². The third kappa shape index (κ3) is 3.56. The van der Waals surface area contributed by atoms with Crippen molar-refractivity contribution in [2.75, 3.05) is 20.8 Å². The zero-order valence-electron chi connectivity index (χ0n) is 10.2. The fraction of sp³-hybridized carbons (Fsp3) is 1.00. The smallest absolute Gasteiger partial charge is 0.0800 e. The molecule has 0 spiro atoms. The normalized spacial score (nSPS) is 20.1. The average Bonchev–Trinajstić information content (AvgIpc) is 2.23. The maximum absolute atomic E-state index is 6.18. The summed E-state index contributed by atoms with van der Waals surface area (Å²) in [6.45, 7) is 7.09. The summed E-state index contributed by atoms with van der Waals surface area (Å²) in [4.78, 5) is 0. The molecular formula is C11H25NO2. The second kappa shape index (κ2) is 6.38. The third-order valence-corrected chi connectivity index (χ3v) is 3.26. The number of hydrogen-bond donors (Lipinski definition) is 1. The first-order valence-electron chi connectivity index (χ1n) is 5.31. The van der Waals surface area contributed by atoms with Crippen molar-refractivity contribution in [2.24, 2.45) is 11.7 Å². The maximum atomic E-state index is 6.18. The Balaban J connectivity index is 4.19. The molecule has 0 aliphatic carbocycles. The van der Waals surface area contributed by atoms with E-state index in [2.05, 4.69) is 20.8 Å². The second-order valence-corrected chi connectivity index (χ2v) is 4.15. The Kier molecular flexibility index (Phi) is 6.33. The predicted molar refractivity (Wildman–Crippen MR) is 59.3 cm³/mol. The van der Waals surface area contributed by atoms with Crippen LogP contribution in [0.5, 0.6) is 0 Å². The molecule has 0 amide bonds. The van der Waals surface area contributed by atoms with Gasteiger partial charge in [0.1, 0.15) is 0 Å². The molecule has 0 saturated carbocycles. The molecule has 3 unspecified atom stereocenters. The van der Waals surface area contributed by atoms with Gasteiger partial charge in [0.2, 0.25) is 0 Å². The van der Waals surface area contributed by atoms with Crippen molar-refractivity contribution in [3.8, 4) is 0 Å². The summed E-state index contributed by atoms with van der Waals surface area (Å²) >= 11 is 0. The minimum Gasteiger partial charge on any atom is -0.385 e. The third-order valence-electron chi connectivity index (χ3n) is 3.26. The van der Waals surface area contributed by atoms with Gasteiger partial charge in [-0.1, -0.05) is 13.8 Å². The number of hydrogen-bond acceptors (Lipinski definition) is 3. The highest BCUT2D eigenvalue weighted by Gasteiger charge is 2.33. The minimum absolute atomic E-state index is 0.0626. The van der Waals surface area contributed by atoms with E-state index in [1.54, 1.807) is 14.2 Å². The van der Waals surface area contributed by atoms with E-state index in [1.807, 2.05) is 0 Å². The molecule has 3 nitrogen and oxygen atoms in total. The standard InChI is InChI=1S/C11H25NO2/c1-6-11(3,14-5)10(12)9(2)7-8-13-4/h9-10H,6-8,12H2,1-5H3. The van der Waals surface area contributed by atoms with Crippen molar-refractivity contribution in [2.45, 2.75) is 45.3 Å². The van der Waals surface area contributed by atoms with E-state index < -0.39 is 0 Å². The van der Waals surface area contributed by atoms with Crippen LogP contribution in [-0.2, 0) is 9.47 Å². The molecule has 3 atom stereocenters. The van der Waals surface area contributed by atoms with Crippen LogP contribution < -0.4 is 5.73 Å². The summed E-state index contributed by atoms with van der Waals surface area (Å²) in [6, 6.07) is 0.0626. The van der Waals surface area contributed by atoms with Gasteiger partial charge in [0.05, 0.1) is 5.60 Å². The van der Waals surface area contributed by atoms with Gasteiger partial charge in [0, 0.05) is 26.9 Å². The Hall–Kier alpha value is -0.120. The van der Waals surface area contributed by atoms with Crippen LogP contribution in [0.4, 0.5) is 0 Å². The van der Waals surface area contributed by atoms with Gasteiger partial charge in [-0.15, -0.1) is 0 Å². The first-order valence-corrected chi connectivity index (χ1v) is 5.31. The molecule has 0 aliphatic rings. The summed E-state index contributed by atoms with van der Waals surface area (Å²) in [7, 11) is 3.44. The van der Waals surface area contributed by atoms with Gasteiger partial charge in [-0.25, -0.2) is 0 Å². The lowest BCUT2D eigenvalue weighted by molar-refractivity contribution is -0.0346. The lowest BCUT2D eigenvalue weighted by Crippen LogP contribution is -2.50. The van der Waals surface area contributed by atoms with Gasteiger partial charge in [0.15, 0.2) is 0 Å². The number of ether oxygens (including phenoxy) is 2. The maximum Gasteiger partial charge on any atom is 0.0800 e. The molecule has 0 heterocycles. The summed E-state index contributed by atoms with van der Waals surface area (Å²) in [5, 5.41) is 0. The summed E-state index contributed by atoms with van der Waals surface area (Å²) in [5.74, 6) is 0.417. The Morgan fingerprint density at radius 3 is 2.29 bits per heavy atom. The summed E-state index contributed by atoms with van der Waals surface area (Å²) in [5.41, 5.74) is 5.96. The lowest BCUT2D eigenvalue weighted by atomic mass is 9.84. The average molecular weight is 203 g/mol. The van der Waals surface area contributed by atoms with Gasteiger partial charge in [-0.2, -0.15) is 0 Å². The number of methoxy groups -OCH3 is 2. The van der Waals surface area contributed by atoms with E-state index >= 15 is 0 Å². The molecule has 0 saturated heterocycles. The van der Waals surface area contributed by atoms with E-state index in [0.29, 0.717) is 5.92 Å². The highest BCUT2D eigenvalue weighted by molar-refractivity contribution is 4.89. The lowest BCUT2D eigenvalue weighted by Gasteiger charge is -2.36. The Bertz CT molecular complexity index is 146. The van der Waals surface area contributed by atoms with E-state index in [-0.39, 0.29) is 11.6 Å². The molecule has 14 heavy (non-hydrogen) atoms. The summed E-state index contributed by atoms with van der Waals surface area (Å²) < 4.78 is 10.5. The highest BCUT2D eigenvalue weighted by atomic mass is 16.5. The minimum atomic E-state index is -0.215. The van der Waals surface area contributed by atoms with Gasteiger partial charge < -0.3 is 15.2 Å². The van der Waals surface area contributed by atoms with Crippen LogP contribution in [0.1, 0.15) is 33.6 Å². The van der Waals surface area contributed by atoms with Crippen LogP contribution in [0.25, 0.3) is 0 Å². The SMILES string of the molecule is CCC(C)(OC)C(N)C(C)CCOC. The molecule has 0 radical (unpaired) electrons. The van der Waals surface area contributed by atoms with Crippen molar-refractivity contribution in [1.82, 2.24) is 0 Å². The van der Waals surface area contributed by atoms with E-state index in [1.165, 1.54) is 0 Å². The Morgan fingerprint density at radius 1 is 1.36 bits per heavy atom. The quantitative estimate of drug-likeness (QED) is 0.686. The molecule has 0 aromatic carbocycles. The van der Waals surface area contributed by atoms with Crippen LogP contribution in [0.2, 0.25) is 0 Å². The fourth-order valence-corrected chi connectivity index (χ4v) is 1.60. The van der Waals surface area contributed by atoms with Crippen molar-refractivity contribution in [1.29, 1.82) is 0 Å². The van der Waals surface area contributed by atoms with Gasteiger partial charge in [-0.3, -0.25) is 0 Å². The van der Waals surface area contributed by atoms with Crippen molar-refractivity contribution < 1.29 is 9.47 Å². The van der Waals surface area contributed by atoms with Crippen molar-refractivity contribution >= 4 is 0 Å². The molecule has 3 heteroatoms. The van der Waals surface area contributed by atoms with Crippen LogP contribution in [0.3, 0.4) is 0 Å². The van der Waals surface area contributed by atoms with Crippen LogP contribution in [0, 0.1) is 5.92 Å². The molecule has 2 N–H and O–H groups in total. The largest absolute Gasteiger partial charge is 0.385 e. The summed E-state index contributed by atoms with van der Waals surface area (Å²) in [6.07, 6.45) is 1.92. The molecule has 0 bridgehead atoms. The van der Waals surface area contributed by atoms with Crippen molar-refractivity contribution in [3.63, 3.8) is 0 Å². The second-order valence-electron chi connectivity index (χ2n) is 4.15. The Morgan fingerprint density at radius 2 is 1.93 bits per heavy atom.